The molecule has 4 nitrogen and oxygen atoms in total. The number of rotatable bonds is 4. The van der Waals surface area contributed by atoms with Crippen LogP contribution in [0.15, 0.2) is 54.6 Å². The molecular formula is C22H23ClN2O2. The van der Waals surface area contributed by atoms with Crippen LogP contribution in [0.4, 0.5) is 0 Å². The average Bonchev–Trinajstić information content (AvgIpc) is 3.27. The van der Waals surface area contributed by atoms with E-state index < -0.39 is 0 Å². The molecule has 2 atom stereocenters. The lowest BCUT2D eigenvalue weighted by Gasteiger charge is -2.25. The minimum absolute atomic E-state index is 0.0867. The molecule has 2 aliphatic heterocycles. The molecule has 0 bridgehead atoms. The van der Waals surface area contributed by atoms with Crippen molar-refractivity contribution in [3.8, 4) is 5.75 Å². The van der Waals surface area contributed by atoms with Crippen molar-refractivity contribution < 1.29 is 9.90 Å². The number of hydrogen-bond donors (Lipinski definition) is 1. The van der Waals surface area contributed by atoms with Gasteiger partial charge in [-0.05, 0) is 36.1 Å². The molecule has 2 aromatic rings. The van der Waals surface area contributed by atoms with Gasteiger partial charge in [0.25, 0.3) is 0 Å². The van der Waals surface area contributed by atoms with Crippen molar-refractivity contribution in [3.05, 3.63) is 70.8 Å². The minimum atomic E-state index is 0.0867. The van der Waals surface area contributed by atoms with E-state index in [0.717, 1.165) is 37.1 Å². The molecule has 0 spiro atoms. The van der Waals surface area contributed by atoms with Crippen molar-refractivity contribution in [2.75, 3.05) is 13.1 Å². The molecule has 2 aromatic carbocycles. The molecule has 0 unspecified atom stereocenters. The van der Waals surface area contributed by atoms with Gasteiger partial charge in [-0.3, -0.25) is 9.69 Å². The van der Waals surface area contributed by atoms with Crippen LogP contribution < -0.4 is 0 Å². The fourth-order valence-corrected chi connectivity index (χ4v) is 4.47. The summed E-state index contributed by atoms with van der Waals surface area (Å²) in [6.45, 7) is 2.43. The number of phenols is 1. The van der Waals surface area contributed by atoms with Crippen molar-refractivity contribution in [1.82, 2.24) is 9.80 Å². The Morgan fingerprint density at radius 2 is 1.85 bits per heavy atom. The topological polar surface area (TPSA) is 43.8 Å². The number of halogens is 1. The van der Waals surface area contributed by atoms with Crippen molar-refractivity contribution in [2.45, 2.75) is 31.5 Å². The van der Waals surface area contributed by atoms with Crippen molar-refractivity contribution in [2.24, 2.45) is 0 Å². The molecule has 0 aliphatic carbocycles. The number of benzene rings is 2. The number of phenolic OH excluding ortho intramolecular Hbond substituents is 1. The molecule has 27 heavy (non-hydrogen) atoms. The van der Waals surface area contributed by atoms with Gasteiger partial charge in [-0.15, -0.1) is 0 Å². The van der Waals surface area contributed by atoms with E-state index >= 15 is 0 Å². The van der Waals surface area contributed by atoms with Crippen molar-refractivity contribution in [3.63, 3.8) is 0 Å². The first-order chi connectivity index (χ1) is 13.1. The smallest absolute Gasteiger partial charge is 0.246 e. The molecule has 4 rings (SSSR count). The van der Waals surface area contributed by atoms with E-state index in [9.17, 15) is 9.90 Å². The third kappa shape index (κ3) is 3.73. The summed E-state index contributed by atoms with van der Waals surface area (Å²) in [4.78, 5) is 17.1. The molecule has 1 amide bonds. The molecule has 2 aliphatic rings. The van der Waals surface area contributed by atoms with Gasteiger partial charge in [-0.25, -0.2) is 0 Å². The van der Waals surface area contributed by atoms with Crippen LogP contribution in [0.2, 0.25) is 5.02 Å². The zero-order valence-electron chi connectivity index (χ0n) is 15.1. The van der Waals surface area contributed by atoms with Crippen LogP contribution in [0.3, 0.4) is 0 Å². The summed E-state index contributed by atoms with van der Waals surface area (Å²) in [5, 5.41) is 10.2. The number of fused-ring (bicyclic) bond motifs is 1. The van der Waals surface area contributed by atoms with Gasteiger partial charge in [-0.1, -0.05) is 54.1 Å². The quantitative estimate of drug-likeness (QED) is 0.815. The molecule has 5 heteroatoms. The molecular weight excluding hydrogens is 360 g/mol. The third-order valence-corrected chi connectivity index (χ3v) is 6.06. The van der Waals surface area contributed by atoms with Gasteiger partial charge in [0.15, 0.2) is 0 Å². The highest BCUT2D eigenvalue weighted by molar-refractivity contribution is 6.32. The van der Waals surface area contributed by atoms with Gasteiger partial charge >= 0.3 is 0 Å². The van der Waals surface area contributed by atoms with Crippen LogP contribution in [-0.4, -0.2) is 46.0 Å². The van der Waals surface area contributed by atoms with Crippen LogP contribution >= 0.6 is 11.6 Å². The van der Waals surface area contributed by atoms with Crippen LogP contribution in [-0.2, 0) is 11.3 Å². The molecule has 2 saturated heterocycles. The Morgan fingerprint density at radius 3 is 2.67 bits per heavy atom. The lowest BCUT2D eigenvalue weighted by Crippen LogP contribution is -2.38. The average molecular weight is 383 g/mol. The first-order valence-electron chi connectivity index (χ1n) is 9.37. The van der Waals surface area contributed by atoms with Crippen LogP contribution in [0.25, 0.3) is 6.08 Å². The number of aromatic hydroxyl groups is 1. The zero-order valence-corrected chi connectivity index (χ0v) is 15.8. The van der Waals surface area contributed by atoms with Gasteiger partial charge < -0.3 is 10.0 Å². The van der Waals surface area contributed by atoms with E-state index in [-0.39, 0.29) is 17.7 Å². The van der Waals surface area contributed by atoms with Gasteiger partial charge in [0.2, 0.25) is 5.91 Å². The number of likely N-dealkylation sites (tertiary alicyclic amines) is 2. The van der Waals surface area contributed by atoms with Gasteiger partial charge in [0, 0.05) is 37.8 Å². The number of nitrogens with zero attached hydrogens (tertiary/aromatic N) is 2. The number of carbonyl (C=O) groups is 1. The van der Waals surface area contributed by atoms with Gasteiger partial charge in [0.1, 0.15) is 5.75 Å². The van der Waals surface area contributed by atoms with Crippen LogP contribution in [0.1, 0.15) is 24.0 Å². The molecule has 2 fully saturated rings. The lowest BCUT2D eigenvalue weighted by atomic mass is 10.1. The number of hydrogen-bond acceptors (Lipinski definition) is 3. The summed E-state index contributed by atoms with van der Waals surface area (Å²) in [5.74, 6) is 0.211. The van der Waals surface area contributed by atoms with Gasteiger partial charge in [0.05, 0.1) is 5.02 Å². The maximum atomic E-state index is 12.7. The van der Waals surface area contributed by atoms with E-state index in [1.165, 1.54) is 0 Å². The summed E-state index contributed by atoms with van der Waals surface area (Å²) in [6, 6.07) is 15.9. The fraction of sp³-hybridized carbons (Fsp3) is 0.318. The Bertz CT molecular complexity index is 853. The molecule has 140 valence electrons. The highest BCUT2D eigenvalue weighted by atomic mass is 35.5. The third-order valence-electron chi connectivity index (χ3n) is 5.62. The lowest BCUT2D eigenvalue weighted by molar-refractivity contribution is -0.126. The fourth-order valence-electron chi connectivity index (χ4n) is 4.28. The first-order valence-corrected chi connectivity index (χ1v) is 9.75. The van der Waals surface area contributed by atoms with Crippen LogP contribution in [0.5, 0.6) is 5.75 Å². The van der Waals surface area contributed by atoms with E-state index in [1.807, 2.05) is 53.4 Å². The van der Waals surface area contributed by atoms with Crippen LogP contribution in [0, 0.1) is 0 Å². The summed E-state index contributed by atoms with van der Waals surface area (Å²) < 4.78 is 0. The normalized spacial score (nSPS) is 22.5. The Morgan fingerprint density at radius 1 is 1.07 bits per heavy atom. The second kappa shape index (κ2) is 7.75. The predicted octanol–water partition coefficient (Wildman–Crippen LogP) is 3.93. The molecule has 1 N–H and O–H groups in total. The predicted molar refractivity (Wildman–Crippen MR) is 108 cm³/mol. The maximum Gasteiger partial charge on any atom is 0.246 e. The zero-order chi connectivity index (χ0) is 18.8. The SMILES string of the molecule is O=C(C=Cc1ccccc1)N1CC[C@H]2[C@@H]1CCN2Cc1cccc(O)c1Cl. The molecule has 0 saturated carbocycles. The highest BCUT2D eigenvalue weighted by Crippen LogP contribution is 2.35. The Hall–Kier alpha value is -2.30. The van der Waals surface area contributed by atoms with E-state index in [1.54, 1.807) is 12.1 Å². The second-order valence-electron chi connectivity index (χ2n) is 7.21. The highest BCUT2D eigenvalue weighted by Gasteiger charge is 2.43. The maximum absolute atomic E-state index is 12.7. The Kier molecular flexibility index (Phi) is 5.19. The van der Waals surface area contributed by atoms with Crippen molar-refractivity contribution >= 4 is 23.6 Å². The summed E-state index contributed by atoms with van der Waals surface area (Å²) in [6.07, 6.45) is 5.53. The number of amides is 1. The van der Waals surface area contributed by atoms with E-state index in [0.29, 0.717) is 17.6 Å². The Balaban J connectivity index is 1.42. The summed E-state index contributed by atoms with van der Waals surface area (Å²) in [7, 11) is 0. The molecule has 2 heterocycles. The number of carbonyl (C=O) groups excluding carboxylic acids is 1. The Labute approximate surface area is 164 Å². The minimum Gasteiger partial charge on any atom is -0.506 e. The van der Waals surface area contributed by atoms with E-state index in [4.69, 9.17) is 11.6 Å². The first kappa shape index (κ1) is 18.1. The van der Waals surface area contributed by atoms with Gasteiger partial charge in [-0.2, -0.15) is 0 Å². The molecule has 0 radical (unpaired) electrons. The molecule has 0 aromatic heterocycles. The summed E-state index contributed by atoms with van der Waals surface area (Å²) in [5.41, 5.74) is 1.97. The van der Waals surface area contributed by atoms with E-state index in [2.05, 4.69) is 4.90 Å². The van der Waals surface area contributed by atoms with Crippen molar-refractivity contribution in [1.29, 1.82) is 0 Å². The second-order valence-corrected chi connectivity index (χ2v) is 7.59. The largest absolute Gasteiger partial charge is 0.506 e. The monoisotopic (exact) mass is 382 g/mol. The standard InChI is InChI=1S/C22H23ClN2O2/c23-22-17(7-4-8-20(22)26)15-24-13-11-19-18(24)12-14-25(19)21(27)10-9-16-5-2-1-3-6-16/h1-10,18-19,26H,11-15H2/t18-,19-/m0/s1. The summed E-state index contributed by atoms with van der Waals surface area (Å²) >= 11 is 6.24.